The molecule has 3 aromatic rings. The van der Waals surface area contributed by atoms with Crippen LogP contribution in [0.5, 0.6) is 5.75 Å². The topological polar surface area (TPSA) is 18.5 Å². The average Bonchev–Trinajstić information content (AvgIpc) is 3.24. The quantitative estimate of drug-likeness (QED) is 0.188. The van der Waals surface area contributed by atoms with Crippen LogP contribution in [-0.2, 0) is 16.6 Å². The van der Waals surface area contributed by atoms with Crippen LogP contribution < -0.4 is 4.74 Å². The van der Waals surface area contributed by atoms with Gasteiger partial charge in [-0.05, 0) is 96.6 Å². The number of fused-ring (bicyclic) bond motifs is 1. The maximum absolute atomic E-state index is 13.4. The smallest absolute Gasteiger partial charge is 0.405 e. The molecule has 0 spiro atoms. The molecule has 1 unspecified atom stereocenters. The molecule has 0 saturated carbocycles. The van der Waals surface area contributed by atoms with Gasteiger partial charge in [0.25, 0.3) is 0 Å². The molecule has 2 nitrogen and oxygen atoms in total. The van der Waals surface area contributed by atoms with Crippen LogP contribution >= 0.6 is 11.3 Å². The third-order valence-corrected chi connectivity index (χ3v) is 9.13. The van der Waals surface area contributed by atoms with E-state index in [1.165, 1.54) is 16.9 Å². The molecule has 1 heterocycles. The van der Waals surface area contributed by atoms with E-state index in [2.05, 4.69) is 99.1 Å². The Bertz CT molecular complexity index is 1350. The summed E-state index contributed by atoms with van der Waals surface area (Å²) in [6.07, 6.45) is 0.948. The number of alkyl halides is 3. The van der Waals surface area contributed by atoms with Crippen molar-refractivity contribution < 1.29 is 22.6 Å². The highest BCUT2D eigenvalue weighted by atomic mass is 32.1. The summed E-state index contributed by atoms with van der Waals surface area (Å²) < 4.78 is 52.6. The first-order chi connectivity index (χ1) is 19.6. The molecule has 0 N–H and O–H groups in total. The van der Waals surface area contributed by atoms with Crippen molar-refractivity contribution in [3.63, 3.8) is 0 Å². The molecule has 1 atom stereocenters. The van der Waals surface area contributed by atoms with Crippen LogP contribution in [0.15, 0.2) is 42.5 Å². The standard InChI is InChI=1S/C37H53F3O2S/c1-12-13-14-15-25-16-19-28(29(20-25)41-37(38,39)40)31-21-26-17-18-27(22-30(26)43-31)35(8,9)24-36(10,11)42-32(34(5,6)7)23-33(2,3)4/h16-22,32H,12-15,23-24H2,1-11H3. The number of hydrogen-bond donors (Lipinski definition) is 0. The molecule has 0 radical (unpaired) electrons. The molecule has 0 saturated heterocycles. The summed E-state index contributed by atoms with van der Waals surface area (Å²) in [6, 6.07) is 13.7. The van der Waals surface area contributed by atoms with Crippen molar-refractivity contribution >= 4 is 21.4 Å². The van der Waals surface area contributed by atoms with E-state index in [1.807, 2.05) is 12.1 Å². The second kappa shape index (κ2) is 13.1. The molecule has 0 aliphatic heterocycles. The maximum atomic E-state index is 13.4. The number of halogens is 3. The minimum Gasteiger partial charge on any atom is -0.405 e. The molecule has 0 aliphatic rings. The molecule has 2 aromatic carbocycles. The lowest BCUT2D eigenvalue weighted by molar-refractivity contribution is -0.274. The number of unbranched alkanes of at least 4 members (excludes halogenated alkanes) is 2. The highest BCUT2D eigenvalue weighted by Crippen LogP contribution is 2.44. The van der Waals surface area contributed by atoms with Crippen molar-refractivity contribution in [3.8, 4) is 16.2 Å². The zero-order valence-electron chi connectivity index (χ0n) is 28.2. The van der Waals surface area contributed by atoms with Crippen molar-refractivity contribution in [2.45, 2.75) is 138 Å². The lowest BCUT2D eigenvalue weighted by Crippen LogP contribution is -2.43. The summed E-state index contributed by atoms with van der Waals surface area (Å²) in [6.45, 7) is 24.5. The van der Waals surface area contributed by atoms with Gasteiger partial charge in [-0.25, -0.2) is 0 Å². The minimum atomic E-state index is -4.75. The Hall–Kier alpha value is -2.05. The number of benzene rings is 2. The van der Waals surface area contributed by atoms with E-state index in [4.69, 9.17) is 4.74 Å². The van der Waals surface area contributed by atoms with Crippen molar-refractivity contribution in [1.82, 2.24) is 0 Å². The van der Waals surface area contributed by atoms with E-state index >= 15 is 0 Å². The Morgan fingerprint density at radius 3 is 2.07 bits per heavy atom. The SMILES string of the molecule is CCCCCc1ccc(-c2cc3ccc(C(C)(C)CC(C)(C)OC(CC(C)(C)C)C(C)(C)C)cc3s2)c(OC(F)(F)F)c1. The molecule has 6 heteroatoms. The molecule has 0 amide bonds. The number of rotatable bonds is 12. The molecule has 240 valence electrons. The molecule has 0 fully saturated rings. The third kappa shape index (κ3) is 10.5. The summed E-state index contributed by atoms with van der Waals surface area (Å²) in [7, 11) is 0. The molecular weight excluding hydrogens is 565 g/mol. The largest absolute Gasteiger partial charge is 0.573 e. The first kappa shape index (κ1) is 35.4. The fourth-order valence-corrected chi connectivity index (χ4v) is 7.10. The monoisotopic (exact) mass is 618 g/mol. The van der Waals surface area contributed by atoms with Crippen LogP contribution in [0.3, 0.4) is 0 Å². The zero-order valence-corrected chi connectivity index (χ0v) is 29.0. The van der Waals surface area contributed by atoms with Crippen LogP contribution in [-0.4, -0.2) is 18.1 Å². The van der Waals surface area contributed by atoms with Gasteiger partial charge in [-0.1, -0.05) is 93.4 Å². The molecule has 1 aromatic heterocycles. The first-order valence-corrected chi connectivity index (χ1v) is 16.5. The van der Waals surface area contributed by atoms with Crippen LogP contribution in [0.1, 0.15) is 119 Å². The second-order valence-electron chi connectivity index (χ2n) is 15.8. The minimum absolute atomic E-state index is 0.0172. The van der Waals surface area contributed by atoms with Gasteiger partial charge in [-0.15, -0.1) is 24.5 Å². The highest BCUT2D eigenvalue weighted by Gasteiger charge is 2.38. The summed E-state index contributed by atoms with van der Waals surface area (Å²) in [5.41, 5.74) is 2.16. The fourth-order valence-electron chi connectivity index (χ4n) is 5.97. The van der Waals surface area contributed by atoms with Gasteiger partial charge >= 0.3 is 6.36 Å². The predicted octanol–water partition coefficient (Wildman–Crippen LogP) is 12.5. The Kier molecular flexibility index (Phi) is 10.8. The number of hydrogen-bond acceptors (Lipinski definition) is 3. The Balaban J connectivity index is 1.90. The first-order valence-electron chi connectivity index (χ1n) is 15.7. The third-order valence-electron chi connectivity index (χ3n) is 8.00. The summed E-state index contributed by atoms with van der Waals surface area (Å²) in [4.78, 5) is 0.767. The number of aryl methyl sites for hydroxylation is 1. The Morgan fingerprint density at radius 1 is 0.814 bits per heavy atom. The van der Waals surface area contributed by atoms with Gasteiger partial charge < -0.3 is 9.47 Å². The van der Waals surface area contributed by atoms with Gasteiger partial charge in [0.2, 0.25) is 0 Å². The van der Waals surface area contributed by atoms with Gasteiger partial charge in [-0.3, -0.25) is 0 Å². The summed E-state index contributed by atoms with van der Waals surface area (Å²) >= 11 is 1.51. The lowest BCUT2D eigenvalue weighted by Gasteiger charge is -2.43. The number of thiophene rings is 1. The van der Waals surface area contributed by atoms with E-state index in [9.17, 15) is 13.2 Å². The van der Waals surface area contributed by atoms with Crippen LogP contribution in [0.2, 0.25) is 0 Å². The Morgan fingerprint density at radius 2 is 1.49 bits per heavy atom. The van der Waals surface area contributed by atoms with Crippen molar-refractivity contribution in [1.29, 1.82) is 0 Å². The molecule has 3 rings (SSSR count). The number of ether oxygens (including phenoxy) is 2. The second-order valence-corrected chi connectivity index (χ2v) is 16.8. The molecule has 43 heavy (non-hydrogen) atoms. The summed E-state index contributed by atoms with van der Waals surface area (Å²) in [5.74, 6) is -0.129. The normalized spacial score (nSPS) is 14.4. The van der Waals surface area contributed by atoms with Gasteiger partial charge in [0.1, 0.15) is 5.75 Å². The lowest BCUT2D eigenvalue weighted by atomic mass is 9.75. The fraction of sp³-hybridized carbons (Fsp3) is 0.622. The van der Waals surface area contributed by atoms with Gasteiger partial charge in [0, 0.05) is 15.1 Å². The Labute approximate surface area is 262 Å². The zero-order chi connectivity index (χ0) is 32.4. The van der Waals surface area contributed by atoms with Gasteiger partial charge in [0.15, 0.2) is 0 Å². The molecule has 0 aliphatic carbocycles. The maximum Gasteiger partial charge on any atom is 0.573 e. The van der Waals surface area contributed by atoms with E-state index in [-0.39, 0.29) is 33.7 Å². The predicted molar refractivity (Wildman–Crippen MR) is 177 cm³/mol. The van der Waals surface area contributed by atoms with Crippen molar-refractivity contribution in [3.05, 3.63) is 53.6 Å². The van der Waals surface area contributed by atoms with Crippen LogP contribution in [0.4, 0.5) is 13.2 Å². The van der Waals surface area contributed by atoms with E-state index in [0.717, 1.165) is 59.1 Å². The van der Waals surface area contributed by atoms with E-state index < -0.39 is 6.36 Å². The van der Waals surface area contributed by atoms with Crippen LogP contribution in [0, 0.1) is 10.8 Å². The molecule has 0 bridgehead atoms. The van der Waals surface area contributed by atoms with Gasteiger partial charge in [0.05, 0.1) is 11.7 Å². The van der Waals surface area contributed by atoms with Gasteiger partial charge in [-0.2, -0.15) is 0 Å². The van der Waals surface area contributed by atoms with Crippen molar-refractivity contribution in [2.75, 3.05) is 0 Å². The highest BCUT2D eigenvalue weighted by molar-refractivity contribution is 7.22. The van der Waals surface area contributed by atoms with Crippen LogP contribution in [0.25, 0.3) is 20.5 Å². The molecular formula is C37H53F3O2S. The van der Waals surface area contributed by atoms with E-state index in [0.29, 0.717) is 5.56 Å². The average molecular weight is 619 g/mol. The summed E-state index contributed by atoms with van der Waals surface area (Å²) in [5, 5.41) is 1.01. The van der Waals surface area contributed by atoms with Crippen molar-refractivity contribution in [2.24, 2.45) is 10.8 Å². The van der Waals surface area contributed by atoms with E-state index in [1.54, 1.807) is 12.1 Å².